The second kappa shape index (κ2) is 9.53. The molecule has 0 aliphatic carbocycles. The second-order valence-corrected chi connectivity index (χ2v) is 7.82. The van der Waals surface area contributed by atoms with Gasteiger partial charge in [0.2, 0.25) is 0 Å². The second-order valence-electron chi connectivity index (χ2n) is 7.82. The average molecular weight is 408 g/mol. The van der Waals surface area contributed by atoms with Gasteiger partial charge in [-0.05, 0) is 57.4 Å². The normalized spacial score (nSPS) is 15.9. The predicted octanol–water partition coefficient (Wildman–Crippen LogP) is 5.88. The smallest absolute Gasteiger partial charge is 0.174 e. The first-order chi connectivity index (χ1) is 14.3. The van der Waals surface area contributed by atoms with Crippen LogP contribution in [0.4, 0.5) is 0 Å². The van der Waals surface area contributed by atoms with E-state index < -0.39 is 6.10 Å². The molecule has 0 fully saturated rings. The van der Waals surface area contributed by atoms with Gasteiger partial charge < -0.3 is 19.7 Å². The highest BCUT2D eigenvalue weighted by Gasteiger charge is 2.31. The van der Waals surface area contributed by atoms with Gasteiger partial charge in [-0.15, -0.1) is 0 Å². The van der Waals surface area contributed by atoms with Gasteiger partial charge in [0.05, 0.1) is 6.42 Å². The standard InChI is InChI=1S/C25H28O5/c1-16(2)5-4-6-17(3)11-12-29-20-13-21(27)25-22(28)15-23(30-24(25)14-20)18-7-9-19(26)10-8-18/h5,7-11,13-14,23,26-27H,4,6,12,15H2,1-3H3/t23-/m0/s1. The summed E-state index contributed by atoms with van der Waals surface area (Å²) >= 11 is 0. The Hall–Kier alpha value is -3.21. The lowest BCUT2D eigenvalue weighted by atomic mass is 9.95. The number of allylic oxidation sites excluding steroid dienone is 3. The lowest BCUT2D eigenvalue weighted by molar-refractivity contribution is 0.0844. The van der Waals surface area contributed by atoms with Crippen molar-refractivity contribution in [2.45, 2.75) is 46.1 Å². The molecule has 158 valence electrons. The predicted molar refractivity (Wildman–Crippen MR) is 116 cm³/mol. The quantitative estimate of drug-likeness (QED) is 0.560. The van der Waals surface area contributed by atoms with Crippen molar-refractivity contribution in [2.75, 3.05) is 6.61 Å². The number of aromatic hydroxyl groups is 2. The SMILES string of the molecule is CC(C)=CCCC(C)=CCOc1cc(O)c2c(c1)O[C@H](c1ccc(O)cc1)CC2=O. The molecule has 1 aliphatic heterocycles. The van der Waals surface area contributed by atoms with E-state index in [1.165, 1.54) is 17.2 Å². The largest absolute Gasteiger partial charge is 0.508 e. The number of carbonyl (C=O) groups excluding carboxylic acids is 1. The Morgan fingerprint density at radius 1 is 1.13 bits per heavy atom. The van der Waals surface area contributed by atoms with Gasteiger partial charge in [0.1, 0.15) is 41.3 Å². The third kappa shape index (κ3) is 5.44. The van der Waals surface area contributed by atoms with Crippen LogP contribution in [0.3, 0.4) is 0 Å². The summed E-state index contributed by atoms with van der Waals surface area (Å²) in [5, 5.41) is 19.8. The summed E-state index contributed by atoms with van der Waals surface area (Å²) in [6, 6.07) is 9.66. The maximum atomic E-state index is 12.6. The van der Waals surface area contributed by atoms with Crippen molar-refractivity contribution in [1.82, 2.24) is 0 Å². The molecule has 1 atom stereocenters. The summed E-state index contributed by atoms with van der Waals surface area (Å²) in [5.41, 5.74) is 3.51. The van der Waals surface area contributed by atoms with E-state index in [1.807, 2.05) is 6.08 Å². The Balaban J connectivity index is 1.70. The van der Waals surface area contributed by atoms with E-state index in [-0.39, 0.29) is 29.3 Å². The molecule has 30 heavy (non-hydrogen) atoms. The van der Waals surface area contributed by atoms with Gasteiger partial charge in [-0.1, -0.05) is 29.4 Å². The van der Waals surface area contributed by atoms with Crippen LogP contribution in [0.5, 0.6) is 23.0 Å². The fourth-order valence-electron chi connectivity index (χ4n) is 3.34. The van der Waals surface area contributed by atoms with Crippen LogP contribution in [0, 0.1) is 0 Å². The van der Waals surface area contributed by atoms with Gasteiger partial charge in [0.15, 0.2) is 5.78 Å². The molecule has 2 N–H and O–H groups in total. The van der Waals surface area contributed by atoms with Gasteiger partial charge >= 0.3 is 0 Å². The molecule has 5 heteroatoms. The van der Waals surface area contributed by atoms with E-state index in [9.17, 15) is 15.0 Å². The summed E-state index contributed by atoms with van der Waals surface area (Å²) in [7, 11) is 0. The molecule has 0 saturated carbocycles. The Bertz CT molecular complexity index is 966. The minimum atomic E-state index is -0.475. The average Bonchev–Trinajstić information content (AvgIpc) is 2.67. The molecular weight excluding hydrogens is 380 g/mol. The van der Waals surface area contributed by atoms with E-state index in [4.69, 9.17) is 9.47 Å². The molecule has 0 bridgehead atoms. The van der Waals surface area contributed by atoms with Crippen molar-refractivity contribution in [3.8, 4) is 23.0 Å². The van der Waals surface area contributed by atoms with Crippen LogP contribution in [0.25, 0.3) is 0 Å². The van der Waals surface area contributed by atoms with E-state index in [0.717, 1.165) is 18.4 Å². The Kier molecular flexibility index (Phi) is 6.83. The monoisotopic (exact) mass is 408 g/mol. The number of carbonyl (C=O) groups is 1. The lowest BCUT2D eigenvalue weighted by Crippen LogP contribution is -2.20. The van der Waals surface area contributed by atoms with Crippen molar-refractivity contribution in [2.24, 2.45) is 0 Å². The van der Waals surface area contributed by atoms with Crippen LogP contribution in [0.1, 0.15) is 62.1 Å². The molecule has 0 aromatic heterocycles. The first-order valence-corrected chi connectivity index (χ1v) is 10.1. The number of phenolic OH excluding ortho intramolecular Hbond substituents is 2. The van der Waals surface area contributed by atoms with Crippen LogP contribution in [-0.2, 0) is 0 Å². The maximum Gasteiger partial charge on any atom is 0.174 e. The number of ketones is 1. The zero-order valence-corrected chi connectivity index (χ0v) is 17.6. The topological polar surface area (TPSA) is 76.0 Å². The van der Waals surface area contributed by atoms with E-state index >= 15 is 0 Å². The molecular formula is C25H28O5. The lowest BCUT2D eigenvalue weighted by Gasteiger charge is -2.26. The molecule has 1 aliphatic rings. The highest BCUT2D eigenvalue weighted by molar-refractivity contribution is 6.02. The molecule has 2 aromatic carbocycles. The summed E-state index contributed by atoms with van der Waals surface area (Å²) in [5.74, 6) is 0.579. The third-order valence-electron chi connectivity index (χ3n) is 5.01. The van der Waals surface area contributed by atoms with Gasteiger partial charge in [-0.25, -0.2) is 0 Å². The Morgan fingerprint density at radius 2 is 1.87 bits per heavy atom. The van der Waals surface area contributed by atoms with E-state index in [1.54, 1.807) is 30.3 Å². The van der Waals surface area contributed by atoms with Crippen LogP contribution >= 0.6 is 0 Å². The van der Waals surface area contributed by atoms with Crippen LogP contribution in [0.2, 0.25) is 0 Å². The first kappa shape index (κ1) is 21.5. The molecule has 1 heterocycles. The molecule has 0 saturated heterocycles. The first-order valence-electron chi connectivity index (χ1n) is 10.1. The molecule has 0 amide bonds. The summed E-state index contributed by atoms with van der Waals surface area (Å²) in [6.45, 7) is 6.61. The zero-order valence-electron chi connectivity index (χ0n) is 17.6. The molecule has 0 unspecified atom stereocenters. The molecule has 0 radical (unpaired) electrons. The van der Waals surface area contributed by atoms with Crippen molar-refractivity contribution in [3.63, 3.8) is 0 Å². The fraction of sp³-hybridized carbons (Fsp3) is 0.320. The number of rotatable bonds is 7. The van der Waals surface area contributed by atoms with Gasteiger partial charge in [-0.2, -0.15) is 0 Å². The van der Waals surface area contributed by atoms with Crippen molar-refractivity contribution in [1.29, 1.82) is 0 Å². The molecule has 3 rings (SSSR count). The number of benzene rings is 2. The minimum Gasteiger partial charge on any atom is -0.508 e. The molecule has 5 nitrogen and oxygen atoms in total. The summed E-state index contributed by atoms with van der Waals surface area (Å²) < 4.78 is 11.8. The van der Waals surface area contributed by atoms with Gasteiger partial charge in [0.25, 0.3) is 0 Å². The summed E-state index contributed by atoms with van der Waals surface area (Å²) in [4.78, 5) is 12.6. The summed E-state index contributed by atoms with van der Waals surface area (Å²) in [6.07, 6.45) is 5.84. The minimum absolute atomic E-state index is 0.124. The number of hydrogen-bond donors (Lipinski definition) is 2. The molecule has 2 aromatic rings. The van der Waals surface area contributed by atoms with Gasteiger partial charge in [0, 0.05) is 12.1 Å². The fourth-order valence-corrected chi connectivity index (χ4v) is 3.34. The highest BCUT2D eigenvalue weighted by atomic mass is 16.5. The number of fused-ring (bicyclic) bond motifs is 1. The van der Waals surface area contributed by atoms with E-state index in [0.29, 0.717) is 18.1 Å². The van der Waals surface area contributed by atoms with Crippen molar-refractivity contribution < 1.29 is 24.5 Å². The van der Waals surface area contributed by atoms with E-state index in [2.05, 4.69) is 26.8 Å². The van der Waals surface area contributed by atoms with Crippen LogP contribution < -0.4 is 9.47 Å². The highest BCUT2D eigenvalue weighted by Crippen LogP contribution is 2.42. The third-order valence-corrected chi connectivity index (χ3v) is 5.01. The molecule has 0 spiro atoms. The Labute approximate surface area is 177 Å². The van der Waals surface area contributed by atoms with Crippen molar-refractivity contribution in [3.05, 3.63) is 70.8 Å². The number of ether oxygens (including phenoxy) is 2. The Morgan fingerprint density at radius 3 is 2.57 bits per heavy atom. The van der Waals surface area contributed by atoms with Gasteiger partial charge in [-0.3, -0.25) is 4.79 Å². The van der Waals surface area contributed by atoms with Crippen LogP contribution in [-0.4, -0.2) is 22.6 Å². The number of phenols is 2. The zero-order chi connectivity index (χ0) is 21.7. The number of hydrogen-bond acceptors (Lipinski definition) is 5. The maximum absolute atomic E-state index is 12.6. The number of Topliss-reactive ketones (excluding diaryl/α,β-unsaturated/α-hetero) is 1. The van der Waals surface area contributed by atoms with Crippen LogP contribution in [0.15, 0.2) is 59.7 Å². The van der Waals surface area contributed by atoms with Crippen molar-refractivity contribution >= 4 is 5.78 Å².